The first-order valence-electron chi connectivity index (χ1n) is 6.85. The van der Waals surface area contributed by atoms with Crippen LogP contribution in [0, 0.1) is 0 Å². The molecule has 0 bridgehead atoms. The van der Waals surface area contributed by atoms with Gasteiger partial charge in [0.2, 0.25) is 0 Å². The second kappa shape index (κ2) is 11.2. The highest BCUT2D eigenvalue weighted by atomic mass is 28.4. The minimum atomic E-state index is -2.62. The zero-order valence-electron chi connectivity index (χ0n) is 12.4. The molecular weight excluding hydrogens is 268 g/mol. The summed E-state index contributed by atoms with van der Waals surface area (Å²) in [5.74, 6) is 0. The molecule has 0 atom stereocenters. The molecule has 0 radical (unpaired) electrons. The summed E-state index contributed by atoms with van der Waals surface area (Å²) in [6, 6.07) is 0.627. The quantitative estimate of drug-likeness (QED) is 0.331. The Balaban J connectivity index is 4.13. The molecule has 0 aromatic carbocycles. The molecule has 0 saturated heterocycles. The Morgan fingerprint density at radius 1 is 0.842 bits per heavy atom. The molecule has 0 fully saturated rings. The standard InChI is InChI=1S/C12H26O6Si/c1-5-14-12(13)15-10-9-11-19(16-6-2,17-7-3)18-8-4/h5-11H2,1-4H3. The van der Waals surface area contributed by atoms with Gasteiger partial charge in [-0.15, -0.1) is 0 Å². The molecule has 7 heteroatoms. The van der Waals surface area contributed by atoms with E-state index in [1.165, 1.54) is 0 Å². The molecule has 0 N–H and O–H groups in total. The van der Waals surface area contributed by atoms with Crippen LogP contribution in [0.1, 0.15) is 34.1 Å². The van der Waals surface area contributed by atoms with Crippen LogP contribution in [-0.2, 0) is 22.8 Å². The van der Waals surface area contributed by atoms with E-state index >= 15 is 0 Å². The molecule has 0 aromatic rings. The average molecular weight is 294 g/mol. The van der Waals surface area contributed by atoms with Crippen LogP contribution in [0.3, 0.4) is 0 Å². The van der Waals surface area contributed by atoms with Gasteiger partial charge in [0.15, 0.2) is 0 Å². The Morgan fingerprint density at radius 2 is 1.37 bits per heavy atom. The second-order valence-corrected chi connectivity index (χ2v) is 6.35. The van der Waals surface area contributed by atoms with Crippen molar-refractivity contribution in [3.05, 3.63) is 0 Å². The molecule has 0 amide bonds. The smallest absolute Gasteiger partial charge is 0.435 e. The summed E-state index contributed by atoms with van der Waals surface area (Å²) in [4.78, 5) is 11.0. The summed E-state index contributed by atoms with van der Waals surface area (Å²) in [5, 5.41) is 0. The number of hydrogen-bond donors (Lipinski definition) is 0. The van der Waals surface area contributed by atoms with Crippen molar-refractivity contribution in [3.63, 3.8) is 0 Å². The van der Waals surface area contributed by atoms with Gasteiger partial charge in [-0.25, -0.2) is 4.79 Å². The van der Waals surface area contributed by atoms with E-state index in [-0.39, 0.29) is 6.61 Å². The highest BCUT2D eigenvalue weighted by Gasteiger charge is 2.39. The zero-order valence-corrected chi connectivity index (χ0v) is 13.4. The third kappa shape index (κ3) is 8.20. The minimum Gasteiger partial charge on any atom is -0.435 e. The van der Waals surface area contributed by atoms with Crippen LogP contribution < -0.4 is 0 Å². The first-order valence-corrected chi connectivity index (χ1v) is 8.78. The lowest BCUT2D eigenvalue weighted by Gasteiger charge is -2.28. The van der Waals surface area contributed by atoms with Crippen LogP contribution in [0.25, 0.3) is 0 Å². The summed E-state index contributed by atoms with van der Waals surface area (Å²) < 4.78 is 26.6. The molecule has 0 unspecified atom stereocenters. The number of carbonyl (C=O) groups excluding carboxylic acids is 1. The molecule has 0 aliphatic heterocycles. The summed E-state index contributed by atoms with van der Waals surface area (Å²) in [6.07, 6.45) is -0.00982. The molecule has 0 aliphatic rings. The SMILES string of the molecule is CCOC(=O)OCCC[Si](OCC)(OCC)OCC. The van der Waals surface area contributed by atoms with Gasteiger partial charge in [-0.1, -0.05) is 0 Å². The number of rotatable bonds is 11. The highest BCUT2D eigenvalue weighted by Crippen LogP contribution is 2.18. The number of hydrogen-bond acceptors (Lipinski definition) is 6. The summed E-state index contributed by atoms with van der Waals surface area (Å²) in [5.41, 5.74) is 0. The van der Waals surface area contributed by atoms with E-state index < -0.39 is 15.0 Å². The molecule has 0 aliphatic carbocycles. The molecular formula is C12H26O6Si. The van der Waals surface area contributed by atoms with Crippen molar-refractivity contribution in [2.75, 3.05) is 33.0 Å². The van der Waals surface area contributed by atoms with E-state index in [4.69, 9.17) is 18.0 Å². The Bertz CT molecular complexity index is 219. The van der Waals surface area contributed by atoms with E-state index in [1.807, 2.05) is 20.8 Å². The van der Waals surface area contributed by atoms with Gasteiger partial charge >= 0.3 is 15.0 Å². The van der Waals surface area contributed by atoms with Crippen molar-refractivity contribution >= 4 is 15.0 Å². The minimum absolute atomic E-state index is 0.279. The Hall–Kier alpha value is -0.633. The zero-order chi connectivity index (χ0) is 14.6. The molecule has 19 heavy (non-hydrogen) atoms. The lowest BCUT2D eigenvalue weighted by molar-refractivity contribution is 0.0515. The Morgan fingerprint density at radius 3 is 1.79 bits per heavy atom. The Kier molecular flexibility index (Phi) is 10.8. The van der Waals surface area contributed by atoms with E-state index in [1.54, 1.807) is 6.92 Å². The largest absolute Gasteiger partial charge is 0.508 e. The van der Waals surface area contributed by atoms with Gasteiger partial charge in [0.25, 0.3) is 0 Å². The fourth-order valence-corrected chi connectivity index (χ4v) is 4.18. The van der Waals surface area contributed by atoms with Crippen LogP contribution in [-0.4, -0.2) is 48.0 Å². The first kappa shape index (κ1) is 18.4. The van der Waals surface area contributed by atoms with Gasteiger partial charge in [-0.3, -0.25) is 0 Å². The first-order chi connectivity index (χ1) is 9.14. The van der Waals surface area contributed by atoms with Crippen molar-refractivity contribution in [1.82, 2.24) is 0 Å². The predicted molar refractivity (Wildman–Crippen MR) is 73.0 cm³/mol. The number of ether oxygens (including phenoxy) is 2. The van der Waals surface area contributed by atoms with Crippen molar-refractivity contribution < 1.29 is 27.5 Å². The van der Waals surface area contributed by atoms with Gasteiger partial charge in [0.05, 0.1) is 13.2 Å². The molecule has 0 saturated carbocycles. The maximum atomic E-state index is 11.0. The van der Waals surface area contributed by atoms with Crippen LogP contribution in [0.2, 0.25) is 6.04 Å². The van der Waals surface area contributed by atoms with Crippen LogP contribution in [0.4, 0.5) is 4.79 Å². The van der Waals surface area contributed by atoms with E-state index in [2.05, 4.69) is 4.74 Å². The fraction of sp³-hybridized carbons (Fsp3) is 0.917. The number of carbonyl (C=O) groups is 1. The van der Waals surface area contributed by atoms with Crippen molar-refractivity contribution in [1.29, 1.82) is 0 Å². The summed E-state index contributed by atoms with van der Waals surface area (Å²) in [6.45, 7) is 9.70. The van der Waals surface area contributed by atoms with Crippen molar-refractivity contribution in [2.24, 2.45) is 0 Å². The summed E-state index contributed by atoms with van der Waals surface area (Å²) in [7, 11) is -2.62. The second-order valence-electron chi connectivity index (χ2n) is 3.62. The molecule has 0 aromatic heterocycles. The normalized spacial score (nSPS) is 11.4. The molecule has 0 heterocycles. The van der Waals surface area contributed by atoms with E-state index in [9.17, 15) is 4.79 Å². The maximum Gasteiger partial charge on any atom is 0.508 e. The third-order valence-electron chi connectivity index (χ3n) is 2.20. The molecule has 114 valence electrons. The predicted octanol–water partition coefficient (Wildman–Crippen LogP) is 2.60. The van der Waals surface area contributed by atoms with Crippen LogP contribution in [0.5, 0.6) is 0 Å². The van der Waals surface area contributed by atoms with Gasteiger partial charge in [-0.2, -0.15) is 0 Å². The van der Waals surface area contributed by atoms with Crippen LogP contribution in [0.15, 0.2) is 0 Å². The lowest BCUT2D eigenvalue weighted by atomic mass is 10.5. The maximum absolute atomic E-state index is 11.0. The monoisotopic (exact) mass is 294 g/mol. The third-order valence-corrected chi connectivity index (χ3v) is 5.35. The van der Waals surface area contributed by atoms with Crippen LogP contribution >= 0.6 is 0 Å². The van der Waals surface area contributed by atoms with E-state index in [0.29, 0.717) is 38.9 Å². The van der Waals surface area contributed by atoms with Gasteiger partial charge in [0, 0.05) is 25.9 Å². The van der Waals surface area contributed by atoms with Gasteiger partial charge in [-0.05, 0) is 34.1 Å². The molecule has 0 spiro atoms. The molecule has 6 nitrogen and oxygen atoms in total. The topological polar surface area (TPSA) is 63.2 Å². The fourth-order valence-electron chi connectivity index (χ4n) is 1.60. The lowest BCUT2D eigenvalue weighted by Crippen LogP contribution is -2.46. The van der Waals surface area contributed by atoms with Crippen molar-refractivity contribution in [2.45, 2.75) is 40.2 Å². The average Bonchev–Trinajstić information content (AvgIpc) is 2.36. The van der Waals surface area contributed by atoms with Gasteiger partial charge < -0.3 is 22.8 Å². The summed E-state index contributed by atoms with van der Waals surface area (Å²) >= 11 is 0. The van der Waals surface area contributed by atoms with Crippen molar-refractivity contribution in [3.8, 4) is 0 Å². The van der Waals surface area contributed by atoms with E-state index in [0.717, 1.165) is 0 Å². The molecule has 0 rings (SSSR count). The van der Waals surface area contributed by atoms with Gasteiger partial charge in [0.1, 0.15) is 0 Å². The Labute approximate surface area is 116 Å². The highest BCUT2D eigenvalue weighted by molar-refractivity contribution is 6.60.